The fourth-order valence-electron chi connectivity index (χ4n) is 2.93. The first-order valence-electron chi connectivity index (χ1n) is 7.81. The first kappa shape index (κ1) is 16.5. The van der Waals surface area contributed by atoms with Crippen LogP contribution in [0.5, 0.6) is 0 Å². The lowest BCUT2D eigenvalue weighted by Crippen LogP contribution is -2.48. The van der Waals surface area contributed by atoms with E-state index in [1.165, 1.54) is 10.8 Å². The highest BCUT2D eigenvalue weighted by molar-refractivity contribution is 6.91. The van der Waals surface area contributed by atoms with Crippen molar-refractivity contribution < 1.29 is 9.53 Å². The predicted molar refractivity (Wildman–Crippen MR) is 94.0 cm³/mol. The number of esters is 1. The third-order valence-corrected chi connectivity index (χ3v) is 8.37. The second-order valence-electron chi connectivity index (χ2n) is 6.06. The van der Waals surface area contributed by atoms with Crippen LogP contribution in [0.4, 0.5) is 0 Å². The lowest BCUT2D eigenvalue weighted by molar-refractivity contribution is -0.143. The Morgan fingerprint density at radius 3 is 2.09 bits per heavy atom. The van der Waals surface area contributed by atoms with Crippen molar-refractivity contribution in [2.75, 3.05) is 6.61 Å². The van der Waals surface area contributed by atoms with E-state index in [2.05, 4.69) is 49.5 Å². The van der Waals surface area contributed by atoms with Crippen LogP contribution in [0.3, 0.4) is 0 Å². The van der Waals surface area contributed by atoms with Gasteiger partial charge in [-0.3, -0.25) is 4.79 Å². The van der Waals surface area contributed by atoms with Crippen LogP contribution >= 0.6 is 0 Å². The zero-order valence-electron chi connectivity index (χ0n) is 13.6. The van der Waals surface area contributed by atoms with E-state index in [4.69, 9.17) is 4.74 Å². The summed E-state index contributed by atoms with van der Waals surface area (Å²) in [4.78, 5) is 12.1. The minimum absolute atomic E-state index is 0.104. The molecule has 0 aliphatic carbocycles. The summed E-state index contributed by atoms with van der Waals surface area (Å²) >= 11 is 0. The molecule has 0 heterocycles. The van der Waals surface area contributed by atoms with Gasteiger partial charge >= 0.3 is 5.97 Å². The zero-order chi connectivity index (χ0) is 16.0. The van der Waals surface area contributed by atoms with Gasteiger partial charge in [-0.1, -0.05) is 78.9 Å². The number of rotatable bonds is 6. The van der Waals surface area contributed by atoms with Crippen molar-refractivity contribution in [1.82, 2.24) is 0 Å². The van der Waals surface area contributed by atoms with E-state index in [-0.39, 0.29) is 11.5 Å². The third-order valence-electron chi connectivity index (χ3n) is 4.27. The molecule has 2 aromatic carbocycles. The lowest BCUT2D eigenvalue weighted by Gasteiger charge is -2.33. The van der Waals surface area contributed by atoms with E-state index < -0.39 is 8.07 Å². The van der Waals surface area contributed by atoms with Crippen LogP contribution in [0.2, 0.25) is 13.1 Å². The Kier molecular flexibility index (Phi) is 5.55. The quantitative estimate of drug-likeness (QED) is 0.598. The predicted octanol–water partition coefficient (Wildman–Crippen LogP) is 3.88. The van der Waals surface area contributed by atoms with Gasteiger partial charge in [-0.25, -0.2) is 0 Å². The molecule has 22 heavy (non-hydrogen) atoms. The smallest absolute Gasteiger partial charge is 0.306 e. The molecule has 116 valence electrons. The van der Waals surface area contributed by atoms with Crippen LogP contribution in [0, 0.1) is 0 Å². The Morgan fingerprint density at radius 1 is 1.00 bits per heavy atom. The molecule has 0 spiro atoms. The first-order chi connectivity index (χ1) is 10.6. The summed E-state index contributed by atoms with van der Waals surface area (Å²) in [6, 6.07) is 20.9. The third kappa shape index (κ3) is 3.86. The van der Waals surface area contributed by atoms with E-state index in [1.54, 1.807) is 0 Å². The van der Waals surface area contributed by atoms with Crippen LogP contribution in [0.25, 0.3) is 0 Å². The van der Waals surface area contributed by atoms with E-state index in [9.17, 15) is 4.79 Å². The lowest BCUT2D eigenvalue weighted by atomic mass is 10.1. The Bertz CT molecular complexity index is 593. The molecule has 3 heteroatoms. The van der Waals surface area contributed by atoms with Crippen molar-refractivity contribution in [2.45, 2.75) is 32.0 Å². The van der Waals surface area contributed by atoms with Crippen LogP contribution < -0.4 is 5.19 Å². The summed E-state index contributed by atoms with van der Waals surface area (Å²) in [6.45, 7) is 6.96. The van der Waals surface area contributed by atoms with Crippen molar-refractivity contribution >= 4 is 19.2 Å². The molecule has 2 rings (SSSR count). The van der Waals surface area contributed by atoms with E-state index in [0.717, 1.165) is 0 Å². The van der Waals surface area contributed by atoms with Crippen molar-refractivity contribution in [1.29, 1.82) is 0 Å². The minimum atomic E-state index is -1.84. The average Bonchev–Trinajstić information content (AvgIpc) is 2.54. The Hall–Kier alpha value is -1.87. The fourth-order valence-corrected chi connectivity index (χ4v) is 6.09. The highest BCUT2D eigenvalue weighted by Crippen LogP contribution is 2.30. The zero-order valence-corrected chi connectivity index (χ0v) is 14.6. The molecule has 0 bridgehead atoms. The van der Waals surface area contributed by atoms with E-state index >= 15 is 0 Å². The second kappa shape index (κ2) is 7.41. The molecule has 0 radical (unpaired) electrons. The number of hydrogen-bond acceptors (Lipinski definition) is 2. The first-order valence-corrected chi connectivity index (χ1v) is 10.9. The molecule has 0 saturated carbocycles. The Morgan fingerprint density at radius 2 is 1.55 bits per heavy atom. The number of benzene rings is 2. The topological polar surface area (TPSA) is 26.3 Å². The van der Waals surface area contributed by atoms with Crippen LogP contribution in [0.15, 0.2) is 60.7 Å². The van der Waals surface area contributed by atoms with Gasteiger partial charge in [0.25, 0.3) is 0 Å². The molecule has 0 amide bonds. The maximum atomic E-state index is 12.1. The maximum Gasteiger partial charge on any atom is 0.306 e. The molecule has 0 aliphatic rings. The van der Waals surface area contributed by atoms with Gasteiger partial charge in [0.1, 0.15) is 0 Å². The van der Waals surface area contributed by atoms with Crippen LogP contribution in [0.1, 0.15) is 24.4 Å². The van der Waals surface area contributed by atoms with Crippen LogP contribution in [-0.4, -0.2) is 20.7 Å². The van der Waals surface area contributed by atoms with Crippen LogP contribution in [-0.2, 0) is 9.53 Å². The number of carbonyl (C=O) groups excluding carboxylic acids is 1. The summed E-state index contributed by atoms with van der Waals surface area (Å²) < 4.78 is 5.21. The monoisotopic (exact) mass is 312 g/mol. The summed E-state index contributed by atoms with van der Waals surface area (Å²) in [5.74, 6) is -0.104. The summed E-state index contributed by atoms with van der Waals surface area (Å²) in [5.41, 5.74) is 1.45. The van der Waals surface area contributed by atoms with Gasteiger partial charge in [0.15, 0.2) is 0 Å². The second-order valence-corrected chi connectivity index (χ2v) is 10.8. The molecule has 2 aromatic rings. The van der Waals surface area contributed by atoms with E-state index in [1.807, 2.05) is 31.2 Å². The number of ether oxygens (including phenoxy) is 1. The van der Waals surface area contributed by atoms with Gasteiger partial charge < -0.3 is 4.74 Å². The molecule has 0 aliphatic heterocycles. The molecule has 0 aromatic heterocycles. The average molecular weight is 312 g/mol. The SMILES string of the molecule is CCOC(=O)C[C@@H](c1ccccc1)[Si](C)(C)c1ccccc1. The van der Waals surface area contributed by atoms with Gasteiger partial charge in [-0.05, 0) is 18.0 Å². The Balaban J connectivity index is 2.37. The molecule has 0 N–H and O–H groups in total. The molecular weight excluding hydrogens is 288 g/mol. The number of carbonyl (C=O) groups is 1. The summed E-state index contributed by atoms with van der Waals surface area (Å²) in [7, 11) is -1.84. The largest absolute Gasteiger partial charge is 0.466 e. The van der Waals surface area contributed by atoms with Gasteiger partial charge in [-0.2, -0.15) is 0 Å². The molecule has 2 nitrogen and oxygen atoms in total. The normalized spacial score (nSPS) is 12.7. The summed E-state index contributed by atoms with van der Waals surface area (Å²) in [5, 5.41) is 1.37. The summed E-state index contributed by atoms with van der Waals surface area (Å²) in [6.07, 6.45) is 0.450. The maximum absolute atomic E-state index is 12.1. The van der Waals surface area contributed by atoms with Crippen molar-refractivity contribution in [3.63, 3.8) is 0 Å². The van der Waals surface area contributed by atoms with Crippen molar-refractivity contribution in [2.24, 2.45) is 0 Å². The molecule has 0 saturated heterocycles. The van der Waals surface area contributed by atoms with Gasteiger partial charge in [0, 0.05) is 0 Å². The van der Waals surface area contributed by atoms with Crippen molar-refractivity contribution in [3.8, 4) is 0 Å². The van der Waals surface area contributed by atoms with Gasteiger partial charge in [-0.15, -0.1) is 0 Å². The molecular formula is C19H24O2Si. The highest BCUT2D eigenvalue weighted by atomic mass is 28.3. The Labute approximate surface area is 134 Å². The standard InChI is InChI=1S/C19H24O2Si/c1-4-21-19(20)15-18(16-11-7-5-8-12-16)22(2,3)17-13-9-6-10-14-17/h5-14,18H,4,15H2,1-3H3/t18-/m0/s1. The molecule has 0 fully saturated rings. The highest BCUT2D eigenvalue weighted by Gasteiger charge is 2.36. The fraction of sp³-hybridized carbons (Fsp3) is 0.316. The van der Waals surface area contributed by atoms with E-state index in [0.29, 0.717) is 13.0 Å². The minimum Gasteiger partial charge on any atom is -0.466 e. The molecule has 1 atom stereocenters. The van der Waals surface area contributed by atoms with Gasteiger partial charge in [0.2, 0.25) is 0 Å². The number of hydrogen-bond donors (Lipinski definition) is 0. The van der Waals surface area contributed by atoms with Crippen molar-refractivity contribution in [3.05, 3.63) is 66.2 Å². The molecule has 0 unspecified atom stereocenters. The van der Waals surface area contributed by atoms with Gasteiger partial charge in [0.05, 0.1) is 21.1 Å².